The number of alkyl halides is 2. The highest BCUT2D eigenvalue weighted by atomic mass is 35.5. The summed E-state index contributed by atoms with van der Waals surface area (Å²) in [6, 6.07) is 23.7. The third kappa shape index (κ3) is 5.00. The predicted octanol–water partition coefficient (Wildman–Crippen LogP) is 7.84. The van der Waals surface area contributed by atoms with Gasteiger partial charge in [0.1, 0.15) is 23.9 Å². The molecule has 6 atom stereocenters. The minimum Gasteiger partial charge on any atom is -0.508 e. The van der Waals surface area contributed by atoms with E-state index in [1.165, 1.54) is 18.2 Å². The Bertz CT molecular complexity index is 2210. The van der Waals surface area contributed by atoms with Crippen molar-refractivity contribution in [3.63, 3.8) is 0 Å². The van der Waals surface area contributed by atoms with Crippen molar-refractivity contribution in [2.24, 2.45) is 17.8 Å². The summed E-state index contributed by atoms with van der Waals surface area (Å²) in [4.78, 5) is 55.0. The molecule has 52 heavy (non-hydrogen) atoms. The van der Waals surface area contributed by atoms with E-state index in [2.05, 4.69) is 0 Å². The van der Waals surface area contributed by atoms with Crippen molar-refractivity contribution in [2.45, 2.75) is 42.0 Å². The quantitative estimate of drug-likeness (QED) is 0.122. The van der Waals surface area contributed by atoms with Crippen molar-refractivity contribution in [3.8, 4) is 11.5 Å². The molecule has 4 aromatic rings. The van der Waals surface area contributed by atoms with E-state index < -0.39 is 62.9 Å². The minimum absolute atomic E-state index is 0.0582. The predicted molar refractivity (Wildman–Crippen MR) is 194 cm³/mol. The molecule has 3 fully saturated rings. The molecule has 1 N–H and O–H groups in total. The zero-order valence-corrected chi connectivity index (χ0v) is 29.8. The number of nitrogens with zero attached hydrogens (tertiary/aromatic N) is 2. The molecule has 2 aliphatic heterocycles. The second kappa shape index (κ2) is 12.5. The summed E-state index contributed by atoms with van der Waals surface area (Å²) in [6.07, 6.45) is 1.66. The van der Waals surface area contributed by atoms with Gasteiger partial charge in [0.15, 0.2) is 9.75 Å². The summed E-state index contributed by atoms with van der Waals surface area (Å²) in [7, 11) is 0. The summed E-state index contributed by atoms with van der Waals surface area (Å²) in [5.41, 5.74) is 2.75. The second-order valence-electron chi connectivity index (χ2n) is 13.7. The molecule has 0 aromatic heterocycles. The maximum absolute atomic E-state index is 14.6. The van der Waals surface area contributed by atoms with E-state index in [1.807, 2.05) is 37.3 Å². The average Bonchev–Trinajstić information content (AvgIpc) is 3.47. The summed E-state index contributed by atoms with van der Waals surface area (Å²) in [6.45, 7) is 2.03. The number of hydrogen-bond donors (Lipinski definition) is 1. The van der Waals surface area contributed by atoms with Crippen LogP contribution in [0, 0.1) is 30.5 Å². The Morgan fingerprint density at radius 3 is 2.25 bits per heavy atom. The van der Waals surface area contributed by atoms with Gasteiger partial charge in [0, 0.05) is 22.6 Å². The molecule has 1 saturated carbocycles. The number of rotatable bonds is 6. The molecular weight excluding hydrogens is 730 g/mol. The molecule has 0 bridgehead atoms. The average molecular weight is 760 g/mol. The second-order valence-corrected chi connectivity index (χ2v) is 15.3. The van der Waals surface area contributed by atoms with Crippen LogP contribution in [-0.4, -0.2) is 38.5 Å². The molecule has 4 amide bonds. The molecular formula is C40H30Cl3FN2O6. The molecule has 0 unspecified atom stereocenters. The lowest BCUT2D eigenvalue weighted by molar-refractivity contribution is -0.125. The molecule has 2 saturated heterocycles. The van der Waals surface area contributed by atoms with Gasteiger partial charge in [-0.1, -0.05) is 65.7 Å². The van der Waals surface area contributed by atoms with E-state index in [0.717, 1.165) is 33.1 Å². The molecule has 8 nitrogen and oxygen atoms in total. The zero-order valence-electron chi connectivity index (χ0n) is 27.6. The van der Waals surface area contributed by atoms with Crippen molar-refractivity contribution >= 4 is 69.8 Å². The van der Waals surface area contributed by atoms with Crippen molar-refractivity contribution in [3.05, 3.63) is 130 Å². The number of imide groups is 2. The third-order valence-corrected chi connectivity index (χ3v) is 12.7. The molecule has 4 aromatic carbocycles. The first kappa shape index (κ1) is 34.4. The van der Waals surface area contributed by atoms with Crippen LogP contribution in [0.15, 0.2) is 103 Å². The standard InChI is InChI=1S/C40H30Cl3FN2O6/c1-21-7-10-25(17-31(21)41)45-35(48)29-16-15-27-30(33(29)36(45)49)19-39(42)37(50)46(24-11-8-23(44)9-12-24)38(51)40(39,43)34(27)28-14-13-26(18-32(28)47)52-20-22-5-3-2-4-6-22/h2-15,17-18,29-30,33-34,47H,16,19-20H2,1H3/t29-,30+,33-,34+,39+,40-/m0/s1. The molecule has 12 heteroatoms. The van der Waals surface area contributed by atoms with Crippen LogP contribution in [0.25, 0.3) is 0 Å². The largest absolute Gasteiger partial charge is 0.508 e. The molecule has 2 aliphatic carbocycles. The number of allylic oxidation sites excluding steroid dienone is 2. The molecule has 264 valence electrons. The lowest BCUT2D eigenvalue weighted by Crippen LogP contribution is -2.60. The van der Waals surface area contributed by atoms with Crippen molar-refractivity contribution in [1.29, 1.82) is 0 Å². The first-order valence-electron chi connectivity index (χ1n) is 16.7. The maximum Gasteiger partial charge on any atom is 0.258 e. The van der Waals surface area contributed by atoms with Crippen LogP contribution >= 0.6 is 34.8 Å². The number of carbonyl (C=O) groups is 4. The van der Waals surface area contributed by atoms with Gasteiger partial charge in [-0.25, -0.2) is 14.2 Å². The van der Waals surface area contributed by atoms with Gasteiger partial charge in [-0.15, -0.1) is 23.2 Å². The molecule has 2 heterocycles. The van der Waals surface area contributed by atoms with Crippen LogP contribution in [0.4, 0.5) is 15.8 Å². The number of fused-ring (bicyclic) bond motifs is 4. The third-order valence-electron chi connectivity index (χ3n) is 10.9. The number of benzene rings is 4. The lowest BCUT2D eigenvalue weighted by Gasteiger charge is -2.50. The molecule has 4 aliphatic rings. The van der Waals surface area contributed by atoms with E-state index in [0.29, 0.717) is 22.0 Å². The number of hydrogen-bond acceptors (Lipinski definition) is 6. The normalized spacial score (nSPS) is 28.1. The number of phenols is 1. The maximum atomic E-state index is 14.6. The van der Waals surface area contributed by atoms with Gasteiger partial charge < -0.3 is 9.84 Å². The van der Waals surface area contributed by atoms with Gasteiger partial charge in [-0.05, 0) is 79.3 Å². The van der Waals surface area contributed by atoms with E-state index in [9.17, 15) is 28.7 Å². The van der Waals surface area contributed by atoms with Crippen molar-refractivity contribution in [1.82, 2.24) is 0 Å². The number of carbonyl (C=O) groups excluding carboxylic acids is 4. The first-order chi connectivity index (χ1) is 24.8. The summed E-state index contributed by atoms with van der Waals surface area (Å²) < 4.78 is 19.9. The van der Waals surface area contributed by atoms with E-state index in [-0.39, 0.29) is 36.4 Å². The number of aromatic hydroxyl groups is 1. The number of phenolic OH excluding ortho intramolecular Hbond substituents is 1. The van der Waals surface area contributed by atoms with Crippen LogP contribution in [0.1, 0.15) is 35.4 Å². The molecule has 8 rings (SSSR count). The number of amides is 4. The van der Waals surface area contributed by atoms with Gasteiger partial charge in [-0.3, -0.25) is 19.2 Å². The monoisotopic (exact) mass is 758 g/mol. The van der Waals surface area contributed by atoms with Gasteiger partial charge in [0.25, 0.3) is 11.8 Å². The Balaban J connectivity index is 1.24. The Hall–Kier alpha value is -4.70. The fraction of sp³-hybridized carbons (Fsp3) is 0.250. The van der Waals surface area contributed by atoms with E-state index >= 15 is 0 Å². The highest BCUT2D eigenvalue weighted by Crippen LogP contribution is 2.66. The van der Waals surface area contributed by atoms with Crippen LogP contribution in [0.3, 0.4) is 0 Å². The fourth-order valence-electron chi connectivity index (χ4n) is 8.32. The van der Waals surface area contributed by atoms with Crippen LogP contribution < -0.4 is 14.5 Å². The van der Waals surface area contributed by atoms with Crippen LogP contribution in [0.5, 0.6) is 11.5 Å². The minimum atomic E-state index is -2.20. The van der Waals surface area contributed by atoms with E-state index in [4.69, 9.17) is 39.5 Å². The zero-order chi connectivity index (χ0) is 36.7. The topological polar surface area (TPSA) is 104 Å². The van der Waals surface area contributed by atoms with Gasteiger partial charge >= 0.3 is 0 Å². The number of anilines is 2. The molecule has 0 radical (unpaired) electrons. The number of ether oxygens (including phenoxy) is 1. The van der Waals surface area contributed by atoms with Crippen molar-refractivity contribution < 1.29 is 33.4 Å². The highest BCUT2D eigenvalue weighted by Gasteiger charge is 2.77. The number of aryl methyl sites for hydroxylation is 1. The summed E-state index contributed by atoms with van der Waals surface area (Å²) in [5, 5.41) is 12.0. The molecule has 0 spiro atoms. The SMILES string of the molecule is Cc1ccc(N2C(=O)[C@H]3[C@H](CC=C4[C@H]3C[C@@]3(Cl)C(=O)N(c5ccc(F)cc5)C(=O)[C@@]3(Cl)[C@H]4c3ccc(OCc4ccccc4)cc3O)C2=O)cc1Cl. The highest BCUT2D eigenvalue weighted by molar-refractivity contribution is 6.58. The Morgan fingerprint density at radius 2 is 1.56 bits per heavy atom. The van der Waals surface area contributed by atoms with Crippen molar-refractivity contribution in [2.75, 3.05) is 9.80 Å². The first-order valence-corrected chi connectivity index (χ1v) is 17.8. The number of halogens is 4. The van der Waals surface area contributed by atoms with Gasteiger partial charge in [0.2, 0.25) is 11.8 Å². The van der Waals surface area contributed by atoms with Gasteiger partial charge in [-0.2, -0.15) is 0 Å². The van der Waals surface area contributed by atoms with Crippen LogP contribution in [-0.2, 0) is 25.8 Å². The van der Waals surface area contributed by atoms with Crippen LogP contribution in [0.2, 0.25) is 5.02 Å². The smallest absolute Gasteiger partial charge is 0.258 e. The Morgan fingerprint density at radius 1 is 0.846 bits per heavy atom. The summed E-state index contributed by atoms with van der Waals surface area (Å²) >= 11 is 21.3. The van der Waals surface area contributed by atoms with E-state index in [1.54, 1.807) is 36.4 Å². The Kier molecular flexibility index (Phi) is 8.24. The lowest BCUT2D eigenvalue weighted by atomic mass is 9.56. The Labute approximate surface area is 313 Å². The summed E-state index contributed by atoms with van der Waals surface area (Å²) in [5.74, 6) is -6.93. The fourth-order valence-corrected chi connectivity index (χ4v) is 9.42. The van der Waals surface area contributed by atoms with Gasteiger partial charge in [0.05, 0.1) is 23.2 Å².